The van der Waals surface area contributed by atoms with Crippen LogP contribution in [0.3, 0.4) is 0 Å². The van der Waals surface area contributed by atoms with Crippen LogP contribution in [-0.2, 0) is 16.0 Å². The van der Waals surface area contributed by atoms with Gasteiger partial charge in [0.05, 0.1) is 13.0 Å². The first kappa shape index (κ1) is 13.4. The Morgan fingerprint density at radius 1 is 1.35 bits per heavy atom. The Morgan fingerprint density at radius 2 is 2.06 bits per heavy atom. The number of ether oxygens (including phenoxy) is 1. The zero-order valence-electron chi connectivity index (χ0n) is 10.3. The Kier molecular flexibility index (Phi) is 5.40. The summed E-state index contributed by atoms with van der Waals surface area (Å²) in [5.74, 6) is 0.241. The first-order chi connectivity index (χ1) is 8.13. The lowest BCUT2D eigenvalue weighted by atomic mass is 10.1. The SMILES string of the molecule is CC(C)CCOC(=O)Cc1ccccc1C=O. The molecule has 1 rings (SSSR count). The van der Waals surface area contributed by atoms with E-state index < -0.39 is 0 Å². The summed E-state index contributed by atoms with van der Waals surface area (Å²) >= 11 is 0. The molecule has 0 heterocycles. The van der Waals surface area contributed by atoms with Crippen molar-refractivity contribution < 1.29 is 14.3 Å². The molecule has 0 atom stereocenters. The highest BCUT2D eigenvalue weighted by molar-refractivity contribution is 5.81. The van der Waals surface area contributed by atoms with Gasteiger partial charge in [0.1, 0.15) is 6.29 Å². The quantitative estimate of drug-likeness (QED) is 0.561. The van der Waals surface area contributed by atoms with Gasteiger partial charge in [0, 0.05) is 5.56 Å². The summed E-state index contributed by atoms with van der Waals surface area (Å²) in [5, 5.41) is 0. The third-order valence-corrected chi connectivity index (χ3v) is 2.48. The van der Waals surface area contributed by atoms with Crippen molar-refractivity contribution in [2.75, 3.05) is 6.61 Å². The largest absolute Gasteiger partial charge is 0.465 e. The smallest absolute Gasteiger partial charge is 0.310 e. The molecular weight excluding hydrogens is 216 g/mol. The molecule has 0 fully saturated rings. The number of carbonyl (C=O) groups excluding carboxylic acids is 2. The minimum atomic E-state index is -0.278. The van der Waals surface area contributed by atoms with Crippen molar-refractivity contribution in [2.45, 2.75) is 26.7 Å². The molecule has 0 amide bonds. The zero-order chi connectivity index (χ0) is 12.7. The van der Waals surface area contributed by atoms with Crippen molar-refractivity contribution in [1.82, 2.24) is 0 Å². The number of rotatable bonds is 6. The van der Waals surface area contributed by atoms with E-state index in [1.165, 1.54) is 0 Å². The lowest BCUT2D eigenvalue weighted by molar-refractivity contribution is -0.143. The molecule has 0 unspecified atom stereocenters. The van der Waals surface area contributed by atoms with E-state index in [-0.39, 0.29) is 12.4 Å². The topological polar surface area (TPSA) is 43.4 Å². The second kappa shape index (κ2) is 6.84. The molecule has 0 radical (unpaired) electrons. The highest BCUT2D eigenvalue weighted by atomic mass is 16.5. The van der Waals surface area contributed by atoms with Crippen LogP contribution < -0.4 is 0 Å². The molecule has 0 aromatic heterocycles. The molecule has 1 aromatic carbocycles. The minimum absolute atomic E-state index is 0.160. The van der Waals surface area contributed by atoms with Gasteiger partial charge in [-0.3, -0.25) is 9.59 Å². The third-order valence-electron chi connectivity index (χ3n) is 2.48. The molecule has 0 aliphatic rings. The van der Waals surface area contributed by atoms with Gasteiger partial charge in [0.25, 0.3) is 0 Å². The molecule has 3 nitrogen and oxygen atoms in total. The van der Waals surface area contributed by atoms with E-state index in [4.69, 9.17) is 4.74 Å². The molecule has 1 aromatic rings. The molecule has 0 aliphatic heterocycles. The van der Waals surface area contributed by atoms with E-state index in [0.717, 1.165) is 18.3 Å². The summed E-state index contributed by atoms with van der Waals surface area (Å²) in [7, 11) is 0. The molecule has 0 spiro atoms. The van der Waals surface area contributed by atoms with Gasteiger partial charge in [-0.25, -0.2) is 0 Å². The summed E-state index contributed by atoms with van der Waals surface area (Å²) in [6.07, 6.45) is 1.78. The van der Waals surface area contributed by atoms with Crippen molar-refractivity contribution in [3.63, 3.8) is 0 Å². The predicted octanol–water partition coefficient (Wildman–Crippen LogP) is 2.63. The summed E-state index contributed by atoms with van der Waals surface area (Å²) in [5.41, 5.74) is 1.27. The molecule has 0 bridgehead atoms. The number of hydrogen-bond donors (Lipinski definition) is 0. The molecule has 92 valence electrons. The Balaban J connectivity index is 2.47. The third kappa shape index (κ3) is 4.81. The second-order valence-electron chi connectivity index (χ2n) is 4.40. The maximum absolute atomic E-state index is 11.5. The maximum Gasteiger partial charge on any atom is 0.310 e. The zero-order valence-corrected chi connectivity index (χ0v) is 10.3. The van der Waals surface area contributed by atoms with Crippen molar-refractivity contribution in [1.29, 1.82) is 0 Å². The van der Waals surface area contributed by atoms with E-state index in [1.54, 1.807) is 18.2 Å². The average molecular weight is 234 g/mol. The Morgan fingerprint density at radius 3 is 2.71 bits per heavy atom. The summed E-state index contributed by atoms with van der Waals surface area (Å²) in [4.78, 5) is 22.3. The van der Waals surface area contributed by atoms with E-state index >= 15 is 0 Å². The molecular formula is C14H18O3. The van der Waals surface area contributed by atoms with Gasteiger partial charge in [-0.2, -0.15) is 0 Å². The normalized spacial score (nSPS) is 10.3. The van der Waals surface area contributed by atoms with Crippen LogP contribution in [0.5, 0.6) is 0 Å². The van der Waals surface area contributed by atoms with E-state index in [2.05, 4.69) is 13.8 Å². The van der Waals surface area contributed by atoms with E-state index in [0.29, 0.717) is 18.1 Å². The second-order valence-corrected chi connectivity index (χ2v) is 4.40. The van der Waals surface area contributed by atoms with Crippen LogP contribution >= 0.6 is 0 Å². The van der Waals surface area contributed by atoms with Gasteiger partial charge in [-0.15, -0.1) is 0 Å². The van der Waals surface area contributed by atoms with Gasteiger partial charge < -0.3 is 4.74 Å². The Hall–Kier alpha value is -1.64. The van der Waals surface area contributed by atoms with Crippen molar-refractivity contribution in [3.05, 3.63) is 35.4 Å². The number of benzene rings is 1. The van der Waals surface area contributed by atoms with Gasteiger partial charge in [0.2, 0.25) is 0 Å². The van der Waals surface area contributed by atoms with Crippen LogP contribution in [0.4, 0.5) is 0 Å². The van der Waals surface area contributed by atoms with Crippen molar-refractivity contribution in [2.24, 2.45) is 5.92 Å². The highest BCUT2D eigenvalue weighted by Crippen LogP contribution is 2.08. The monoisotopic (exact) mass is 234 g/mol. The molecule has 3 heteroatoms. The van der Waals surface area contributed by atoms with Crippen LogP contribution in [0.1, 0.15) is 36.2 Å². The fourth-order valence-electron chi connectivity index (χ4n) is 1.43. The number of aldehydes is 1. The standard InChI is InChI=1S/C14H18O3/c1-11(2)7-8-17-14(16)9-12-5-3-4-6-13(12)10-15/h3-6,10-11H,7-9H2,1-2H3. The van der Waals surface area contributed by atoms with Gasteiger partial charge in [0.15, 0.2) is 0 Å². The van der Waals surface area contributed by atoms with Crippen LogP contribution in [0.15, 0.2) is 24.3 Å². The summed E-state index contributed by atoms with van der Waals surface area (Å²) in [6, 6.07) is 7.05. The fraction of sp³-hybridized carbons (Fsp3) is 0.429. The van der Waals surface area contributed by atoms with E-state index in [1.807, 2.05) is 6.07 Å². The molecule has 17 heavy (non-hydrogen) atoms. The van der Waals surface area contributed by atoms with Crippen molar-refractivity contribution in [3.8, 4) is 0 Å². The molecule has 0 aliphatic carbocycles. The minimum Gasteiger partial charge on any atom is -0.465 e. The van der Waals surface area contributed by atoms with Crippen molar-refractivity contribution >= 4 is 12.3 Å². The van der Waals surface area contributed by atoms with Crippen LogP contribution in [0.25, 0.3) is 0 Å². The lowest BCUT2D eigenvalue weighted by Gasteiger charge is -2.07. The maximum atomic E-state index is 11.5. The number of hydrogen-bond acceptors (Lipinski definition) is 3. The van der Waals surface area contributed by atoms with E-state index in [9.17, 15) is 9.59 Å². The average Bonchev–Trinajstić information content (AvgIpc) is 2.29. The van der Waals surface area contributed by atoms with Gasteiger partial charge >= 0.3 is 5.97 Å². The first-order valence-corrected chi connectivity index (χ1v) is 5.82. The Labute approximate surface area is 102 Å². The number of carbonyl (C=O) groups is 2. The number of esters is 1. The molecule has 0 saturated carbocycles. The molecule has 0 saturated heterocycles. The van der Waals surface area contributed by atoms with Crippen LogP contribution in [0.2, 0.25) is 0 Å². The summed E-state index contributed by atoms with van der Waals surface area (Å²) < 4.78 is 5.10. The lowest BCUT2D eigenvalue weighted by Crippen LogP contribution is -2.11. The first-order valence-electron chi connectivity index (χ1n) is 5.82. The fourth-order valence-corrected chi connectivity index (χ4v) is 1.43. The summed E-state index contributed by atoms with van der Waals surface area (Å²) in [6.45, 7) is 4.60. The van der Waals surface area contributed by atoms with Gasteiger partial charge in [-0.05, 0) is 17.9 Å². The van der Waals surface area contributed by atoms with Gasteiger partial charge in [-0.1, -0.05) is 38.1 Å². The molecule has 0 N–H and O–H groups in total. The Bertz CT molecular complexity index is 383. The van der Waals surface area contributed by atoms with Crippen LogP contribution in [0, 0.1) is 5.92 Å². The predicted molar refractivity (Wildman–Crippen MR) is 65.9 cm³/mol. The van der Waals surface area contributed by atoms with Crippen LogP contribution in [-0.4, -0.2) is 18.9 Å². The highest BCUT2D eigenvalue weighted by Gasteiger charge is 2.08.